The van der Waals surface area contributed by atoms with Gasteiger partial charge in [0.2, 0.25) is 0 Å². The zero-order valence-electron chi connectivity index (χ0n) is 2.23. The van der Waals surface area contributed by atoms with Crippen molar-refractivity contribution in [2.45, 2.75) is 0 Å². The first-order chi connectivity index (χ1) is 1.91. The van der Waals surface area contributed by atoms with Crippen LogP contribution in [0.2, 0.25) is 0 Å². The molecule has 0 fully saturated rings. The van der Waals surface area contributed by atoms with Gasteiger partial charge >= 0.3 is 0 Å². The minimum atomic E-state index is 1.46. The molecule has 0 aromatic carbocycles. The van der Waals surface area contributed by atoms with Gasteiger partial charge in [-0.2, -0.15) is 0 Å². The van der Waals surface area contributed by atoms with Crippen LogP contribution in [0.3, 0.4) is 0 Å². The highest BCUT2D eigenvalue weighted by Gasteiger charge is 1.26. The molecule has 0 N–H and O–H groups in total. The Hall–Kier alpha value is -0.120. The Balaban J connectivity index is 3.11. The van der Waals surface area contributed by atoms with Crippen molar-refractivity contribution in [1.29, 1.82) is 0 Å². The Morgan fingerprint density at radius 3 is 2.25 bits per heavy atom. The first kappa shape index (κ1) is 3.88. The number of rotatable bonds is 0. The van der Waals surface area contributed by atoms with Crippen molar-refractivity contribution in [3.63, 3.8) is 0 Å². The Morgan fingerprint density at radius 1 is 2.00 bits per heavy atom. The molecule has 0 aliphatic heterocycles. The molecule has 22 valence electrons. The maximum absolute atomic E-state index is 7.58. The lowest BCUT2D eigenvalue weighted by Crippen LogP contribution is -1.19. The van der Waals surface area contributed by atoms with E-state index in [2.05, 4.69) is 0 Å². The summed E-state index contributed by atoms with van der Waals surface area (Å²) in [6.07, 6.45) is 0. The average molecular weight is 73.0 g/mol. The van der Waals surface area contributed by atoms with E-state index in [0.717, 1.165) is 0 Å². The lowest BCUT2D eigenvalue weighted by atomic mass is 11.2. The summed E-state index contributed by atoms with van der Waals surface area (Å²) in [5.74, 6) is 3.28. The third-order valence-corrected chi connectivity index (χ3v) is 0.274. The molecule has 2 heteroatoms. The number of hydrogen-bond acceptors (Lipinski definition) is 0. The maximum Gasteiger partial charge on any atom is 0.0696 e. The molecule has 0 amide bonds. The molecule has 0 aromatic rings. The highest BCUT2D eigenvalue weighted by atomic mass is 31.0. The van der Waals surface area contributed by atoms with Gasteiger partial charge in [-0.1, -0.05) is 0 Å². The predicted molar refractivity (Wildman–Crippen MR) is 24.0 cm³/mol. The van der Waals surface area contributed by atoms with Crippen LogP contribution < -0.4 is 0 Å². The van der Waals surface area contributed by atoms with Crippen LogP contribution in [0.25, 0.3) is 5.41 Å². The standard InChI is InChI=1S/C2H3NP/c3-1-2-4/h2H,4H2/q-1/p+1. The van der Waals surface area contributed by atoms with Crippen molar-refractivity contribution in [3.8, 4) is 0 Å². The van der Waals surface area contributed by atoms with E-state index >= 15 is 0 Å². The summed E-state index contributed by atoms with van der Waals surface area (Å²) < 4.78 is 0. The lowest BCUT2D eigenvalue weighted by molar-refractivity contribution is 2.85. The van der Waals surface area contributed by atoms with Crippen LogP contribution in [0.15, 0.2) is 5.82 Å². The van der Waals surface area contributed by atoms with E-state index in [9.17, 15) is 0 Å². The Morgan fingerprint density at radius 2 is 2.25 bits per heavy atom. The van der Waals surface area contributed by atoms with Gasteiger partial charge < -0.3 is 5.41 Å². The van der Waals surface area contributed by atoms with Crippen LogP contribution in [-0.2, 0) is 0 Å². The van der Waals surface area contributed by atoms with Crippen LogP contribution in [-0.4, -0.2) is 5.87 Å². The molecule has 0 radical (unpaired) electrons. The van der Waals surface area contributed by atoms with Crippen molar-refractivity contribution in [1.82, 2.24) is 0 Å². The molecule has 0 heterocycles. The molecule has 1 atom stereocenters. The quantitative estimate of drug-likeness (QED) is 0.291. The maximum atomic E-state index is 7.58. The Bertz CT molecular complexity index is 44.0. The molecule has 0 saturated heterocycles. The summed E-state index contributed by atoms with van der Waals surface area (Å²) in [7, 11) is 1.54. The van der Waals surface area contributed by atoms with Crippen molar-refractivity contribution in [2.75, 3.05) is 0 Å². The molecule has 0 spiro atoms. The third kappa shape index (κ3) is 1.88. The zero-order chi connectivity index (χ0) is 3.41. The first-order valence-electron chi connectivity index (χ1n) is 0.921. The van der Waals surface area contributed by atoms with Crippen molar-refractivity contribution in [2.24, 2.45) is 0 Å². The molecule has 0 aliphatic carbocycles. The van der Waals surface area contributed by atoms with Gasteiger partial charge in [0.1, 0.15) is 0 Å². The molecule has 1 nitrogen and oxygen atoms in total. The SMILES string of the molecule is [N-]=C=C[PH3+]. The largest absolute Gasteiger partial charge is 0.761 e. The van der Waals surface area contributed by atoms with Gasteiger partial charge in [0, 0.05) is 9.24 Å². The van der Waals surface area contributed by atoms with E-state index in [4.69, 9.17) is 5.41 Å². The second-order valence-electron chi connectivity index (χ2n) is 0.333. The molecule has 4 heavy (non-hydrogen) atoms. The van der Waals surface area contributed by atoms with Gasteiger partial charge in [0.25, 0.3) is 0 Å². The molecule has 0 bridgehead atoms. The van der Waals surface area contributed by atoms with Gasteiger partial charge in [0.05, 0.1) is 5.82 Å². The van der Waals surface area contributed by atoms with Gasteiger partial charge in [-0.05, 0) is 0 Å². The van der Waals surface area contributed by atoms with Crippen molar-refractivity contribution >= 4 is 15.1 Å². The summed E-state index contributed by atoms with van der Waals surface area (Å²) in [6.45, 7) is 0. The van der Waals surface area contributed by atoms with E-state index in [1.54, 1.807) is 0 Å². The minimum Gasteiger partial charge on any atom is -0.761 e. The van der Waals surface area contributed by atoms with Crippen molar-refractivity contribution < 1.29 is 0 Å². The molecular weight excluding hydrogens is 69.0 g/mol. The molecular formula is C2H4NP. The van der Waals surface area contributed by atoms with Crippen LogP contribution in [0.4, 0.5) is 0 Å². The second-order valence-corrected chi connectivity index (χ2v) is 0.741. The molecule has 0 aliphatic rings. The first-order valence-corrected chi connectivity index (χ1v) is 1.74. The highest BCUT2D eigenvalue weighted by molar-refractivity contribution is 7.21. The fourth-order valence-electron chi connectivity index (χ4n) is 0. The van der Waals surface area contributed by atoms with E-state index in [1.165, 1.54) is 15.1 Å². The third-order valence-electron chi connectivity index (χ3n) is 0.0913. The van der Waals surface area contributed by atoms with Gasteiger partial charge in [0.15, 0.2) is 0 Å². The normalized spacial score (nSPS) is 5.00. The Kier molecular flexibility index (Phi) is 2.79. The van der Waals surface area contributed by atoms with Crippen LogP contribution in [0.5, 0.6) is 0 Å². The van der Waals surface area contributed by atoms with E-state index in [0.29, 0.717) is 0 Å². The lowest BCUT2D eigenvalue weighted by Gasteiger charge is -1.49. The van der Waals surface area contributed by atoms with E-state index < -0.39 is 0 Å². The summed E-state index contributed by atoms with van der Waals surface area (Å²) in [5, 5.41) is 7.58. The monoisotopic (exact) mass is 73.0 g/mol. The van der Waals surface area contributed by atoms with Gasteiger partial charge in [-0.15, -0.1) is 0 Å². The molecule has 0 aromatic heterocycles. The molecule has 0 rings (SSSR count). The van der Waals surface area contributed by atoms with Crippen LogP contribution >= 0.6 is 9.24 Å². The molecule has 0 saturated carbocycles. The fourth-order valence-corrected chi connectivity index (χ4v) is 0. The predicted octanol–water partition coefficient (Wildman–Crippen LogP) is 0.347. The summed E-state index contributed by atoms with van der Waals surface area (Å²) >= 11 is 0. The van der Waals surface area contributed by atoms with Crippen LogP contribution in [0.1, 0.15) is 0 Å². The van der Waals surface area contributed by atoms with Crippen molar-refractivity contribution in [3.05, 3.63) is 11.2 Å². The summed E-state index contributed by atoms with van der Waals surface area (Å²) in [5.41, 5.74) is 0. The molecule has 1 unspecified atom stereocenters. The highest BCUT2D eigenvalue weighted by Crippen LogP contribution is 1.68. The summed E-state index contributed by atoms with van der Waals surface area (Å²) in [4.78, 5) is 0. The fraction of sp³-hybridized carbons (Fsp3) is 0. The van der Waals surface area contributed by atoms with Gasteiger partial charge in [-0.25, -0.2) is 5.87 Å². The average Bonchev–Trinajstić information content (AvgIpc) is 1.37. The van der Waals surface area contributed by atoms with Gasteiger partial charge in [-0.3, -0.25) is 0 Å². The summed E-state index contributed by atoms with van der Waals surface area (Å²) in [6, 6.07) is 0. The number of hydrogen-bond donors (Lipinski definition) is 0. The van der Waals surface area contributed by atoms with E-state index in [-0.39, 0.29) is 0 Å². The minimum absolute atomic E-state index is 1.46. The van der Waals surface area contributed by atoms with Crippen LogP contribution in [0, 0.1) is 0 Å². The number of nitrogens with zero attached hydrogens (tertiary/aromatic N) is 1. The Labute approximate surface area is 27.4 Å². The zero-order valence-corrected chi connectivity index (χ0v) is 3.65. The second kappa shape index (κ2) is 2.88. The smallest absolute Gasteiger partial charge is 0.0696 e. The topological polar surface area (TPSA) is 22.3 Å². The van der Waals surface area contributed by atoms with E-state index in [1.807, 2.05) is 5.87 Å².